The third kappa shape index (κ3) is 4.53. The molecule has 6 nitrogen and oxygen atoms in total. The fraction of sp³-hybridized carbons (Fsp3) is 0.333. The van der Waals surface area contributed by atoms with Crippen molar-refractivity contribution in [3.63, 3.8) is 0 Å². The van der Waals surface area contributed by atoms with Crippen LogP contribution in [0.15, 0.2) is 22.7 Å². The van der Waals surface area contributed by atoms with E-state index in [0.29, 0.717) is 11.3 Å². The monoisotopic (exact) mass is 330 g/mol. The summed E-state index contributed by atoms with van der Waals surface area (Å²) in [5, 5.41) is 11.5. The van der Waals surface area contributed by atoms with Crippen LogP contribution in [0.4, 0.5) is 4.79 Å². The Bertz CT molecular complexity index is 491. The maximum Gasteiger partial charge on any atom is 0.318 e. The number of carbonyl (C=O) groups is 2. The first-order chi connectivity index (χ1) is 8.81. The second-order valence-corrected chi connectivity index (χ2v) is 4.89. The topological polar surface area (TPSA) is 102 Å². The third-order valence-corrected chi connectivity index (χ3v) is 2.84. The van der Waals surface area contributed by atoms with Gasteiger partial charge in [0.1, 0.15) is 5.75 Å². The second kappa shape index (κ2) is 6.53. The number of ether oxygens (including phenoxy) is 1. The van der Waals surface area contributed by atoms with Gasteiger partial charge in [-0.1, -0.05) is 22.0 Å². The molecule has 4 N–H and O–H groups in total. The zero-order valence-electron chi connectivity index (χ0n) is 10.5. The Morgan fingerprint density at radius 1 is 1.42 bits per heavy atom. The normalized spacial score (nSPS) is 13.5. The molecule has 104 valence electrons. The highest BCUT2D eigenvalue weighted by Crippen LogP contribution is 2.29. The number of urea groups is 1. The standard InChI is InChI=1S/C12H15BrN2O4/c1-6(16)9-4-3-8(13)5-10(9)19-7(2)11(17)15-12(14)18/h3-7,16H,1-2H3,(H3,14,15,17,18)/t6-,7?/m1/s1. The zero-order chi connectivity index (χ0) is 14.6. The summed E-state index contributed by atoms with van der Waals surface area (Å²) in [5.41, 5.74) is 5.40. The Morgan fingerprint density at radius 2 is 2.05 bits per heavy atom. The van der Waals surface area contributed by atoms with Crippen molar-refractivity contribution in [1.29, 1.82) is 0 Å². The fourth-order valence-corrected chi connectivity index (χ4v) is 1.76. The summed E-state index contributed by atoms with van der Waals surface area (Å²) in [4.78, 5) is 22.1. The summed E-state index contributed by atoms with van der Waals surface area (Å²) in [6.45, 7) is 3.06. The first-order valence-electron chi connectivity index (χ1n) is 5.55. The molecule has 3 amide bonds. The highest BCUT2D eigenvalue weighted by Gasteiger charge is 2.19. The van der Waals surface area contributed by atoms with Gasteiger partial charge in [-0.05, 0) is 26.0 Å². The van der Waals surface area contributed by atoms with Crippen LogP contribution in [0.2, 0.25) is 0 Å². The lowest BCUT2D eigenvalue weighted by molar-refractivity contribution is -0.126. The molecule has 0 aliphatic rings. The summed E-state index contributed by atoms with van der Waals surface area (Å²) in [6, 6.07) is 4.13. The number of carbonyl (C=O) groups excluding carboxylic acids is 2. The van der Waals surface area contributed by atoms with Crippen molar-refractivity contribution in [2.45, 2.75) is 26.1 Å². The molecule has 0 heterocycles. The molecule has 2 atom stereocenters. The molecular weight excluding hydrogens is 316 g/mol. The molecule has 1 rings (SSSR count). The van der Waals surface area contributed by atoms with E-state index >= 15 is 0 Å². The van der Waals surface area contributed by atoms with Crippen molar-refractivity contribution in [2.24, 2.45) is 5.73 Å². The summed E-state index contributed by atoms with van der Waals surface area (Å²) in [5.74, 6) is -0.291. The Morgan fingerprint density at radius 3 is 2.58 bits per heavy atom. The smallest absolute Gasteiger partial charge is 0.318 e. The maximum absolute atomic E-state index is 11.5. The van der Waals surface area contributed by atoms with Gasteiger partial charge in [0.2, 0.25) is 0 Å². The van der Waals surface area contributed by atoms with Gasteiger partial charge in [0, 0.05) is 10.0 Å². The minimum absolute atomic E-state index is 0.358. The molecule has 1 aromatic carbocycles. The number of hydrogen-bond acceptors (Lipinski definition) is 4. The van der Waals surface area contributed by atoms with Crippen LogP contribution in [0.3, 0.4) is 0 Å². The van der Waals surface area contributed by atoms with Gasteiger partial charge in [0.25, 0.3) is 5.91 Å². The lowest BCUT2D eigenvalue weighted by Crippen LogP contribution is -2.42. The number of rotatable bonds is 4. The molecule has 0 saturated carbocycles. The minimum atomic E-state index is -0.939. The van der Waals surface area contributed by atoms with Crippen molar-refractivity contribution in [3.05, 3.63) is 28.2 Å². The summed E-state index contributed by atoms with van der Waals surface area (Å²) < 4.78 is 6.19. The molecule has 0 aliphatic heterocycles. The van der Waals surface area contributed by atoms with Crippen LogP contribution in [-0.4, -0.2) is 23.1 Å². The van der Waals surface area contributed by atoms with Gasteiger partial charge in [0.05, 0.1) is 6.10 Å². The van der Waals surface area contributed by atoms with Gasteiger partial charge in [-0.2, -0.15) is 0 Å². The van der Waals surface area contributed by atoms with Gasteiger partial charge in [-0.3, -0.25) is 10.1 Å². The van der Waals surface area contributed by atoms with Crippen molar-refractivity contribution < 1.29 is 19.4 Å². The fourth-order valence-electron chi connectivity index (χ4n) is 1.42. The van der Waals surface area contributed by atoms with E-state index in [4.69, 9.17) is 10.5 Å². The van der Waals surface area contributed by atoms with E-state index in [1.54, 1.807) is 25.1 Å². The van der Waals surface area contributed by atoms with Crippen molar-refractivity contribution in [3.8, 4) is 5.75 Å². The highest BCUT2D eigenvalue weighted by molar-refractivity contribution is 9.10. The van der Waals surface area contributed by atoms with E-state index in [0.717, 1.165) is 4.47 Å². The number of nitrogens with two attached hydrogens (primary N) is 1. The Kier molecular flexibility index (Phi) is 5.31. The molecular formula is C12H15BrN2O4. The van der Waals surface area contributed by atoms with Crippen molar-refractivity contribution in [1.82, 2.24) is 5.32 Å². The molecule has 0 saturated heterocycles. The number of benzene rings is 1. The number of nitrogens with one attached hydrogen (secondary N) is 1. The van der Waals surface area contributed by atoms with Crippen LogP contribution in [0.25, 0.3) is 0 Å². The van der Waals surface area contributed by atoms with Gasteiger partial charge in [0.15, 0.2) is 6.10 Å². The Labute approximate surface area is 119 Å². The van der Waals surface area contributed by atoms with Crippen LogP contribution >= 0.6 is 15.9 Å². The first kappa shape index (κ1) is 15.5. The van der Waals surface area contributed by atoms with E-state index in [-0.39, 0.29) is 0 Å². The lowest BCUT2D eigenvalue weighted by atomic mass is 10.1. The Balaban J connectivity index is 2.89. The van der Waals surface area contributed by atoms with E-state index in [1.807, 2.05) is 5.32 Å². The van der Waals surface area contributed by atoms with Gasteiger partial charge in [-0.25, -0.2) is 4.79 Å². The zero-order valence-corrected chi connectivity index (χ0v) is 12.1. The average molecular weight is 331 g/mol. The molecule has 0 aromatic heterocycles. The van der Waals surface area contributed by atoms with Crippen LogP contribution < -0.4 is 15.8 Å². The third-order valence-electron chi connectivity index (χ3n) is 2.35. The molecule has 0 radical (unpaired) electrons. The molecule has 0 bridgehead atoms. The van der Waals surface area contributed by atoms with Crippen LogP contribution in [0.1, 0.15) is 25.5 Å². The number of amides is 3. The van der Waals surface area contributed by atoms with Crippen LogP contribution in [0.5, 0.6) is 5.75 Å². The molecule has 0 spiro atoms. The molecule has 7 heteroatoms. The van der Waals surface area contributed by atoms with Gasteiger partial charge in [-0.15, -0.1) is 0 Å². The SMILES string of the molecule is CC(Oc1cc(Br)ccc1[C@@H](C)O)C(=O)NC(N)=O. The molecule has 1 unspecified atom stereocenters. The maximum atomic E-state index is 11.5. The first-order valence-corrected chi connectivity index (χ1v) is 6.35. The predicted octanol–water partition coefficient (Wildman–Crippen LogP) is 1.46. The molecule has 0 aliphatic carbocycles. The average Bonchev–Trinajstić information content (AvgIpc) is 2.27. The van der Waals surface area contributed by atoms with E-state index in [9.17, 15) is 14.7 Å². The molecule has 1 aromatic rings. The lowest BCUT2D eigenvalue weighted by Gasteiger charge is -2.18. The number of imide groups is 1. The second-order valence-electron chi connectivity index (χ2n) is 3.97. The number of aliphatic hydroxyl groups excluding tert-OH is 1. The van der Waals surface area contributed by atoms with Crippen LogP contribution in [0, 0.1) is 0 Å². The number of aliphatic hydroxyl groups is 1. The van der Waals surface area contributed by atoms with Crippen LogP contribution in [-0.2, 0) is 4.79 Å². The van der Waals surface area contributed by atoms with E-state index in [2.05, 4.69) is 15.9 Å². The molecule has 0 fully saturated rings. The number of hydrogen-bond donors (Lipinski definition) is 3. The summed E-state index contributed by atoms with van der Waals surface area (Å²) >= 11 is 3.28. The molecule has 19 heavy (non-hydrogen) atoms. The van der Waals surface area contributed by atoms with Gasteiger partial charge >= 0.3 is 6.03 Å². The van der Waals surface area contributed by atoms with Crippen molar-refractivity contribution >= 4 is 27.9 Å². The summed E-state index contributed by atoms with van der Waals surface area (Å²) in [6.07, 6.45) is -1.66. The Hall–Kier alpha value is -1.60. The quantitative estimate of drug-likeness (QED) is 0.777. The number of primary amides is 1. The van der Waals surface area contributed by atoms with Crippen molar-refractivity contribution in [2.75, 3.05) is 0 Å². The minimum Gasteiger partial charge on any atom is -0.480 e. The summed E-state index contributed by atoms with van der Waals surface area (Å²) in [7, 11) is 0. The highest BCUT2D eigenvalue weighted by atomic mass is 79.9. The largest absolute Gasteiger partial charge is 0.480 e. The van der Waals surface area contributed by atoms with E-state index < -0.39 is 24.1 Å². The predicted molar refractivity (Wildman–Crippen MR) is 72.6 cm³/mol. The number of halogens is 1. The van der Waals surface area contributed by atoms with E-state index in [1.165, 1.54) is 6.92 Å². The van der Waals surface area contributed by atoms with Gasteiger partial charge < -0.3 is 15.6 Å².